The predicted octanol–water partition coefficient (Wildman–Crippen LogP) is 8.24. The second-order valence-corrected chi connectivity index (χ2v) is 11.4. The molecule has 2 atom stereocenters. The van der Waals surface area contributed by atoms with Crippen LogP contribution in [-0.2, 0) is 4.57 Å². The van der Waals surface area contributed by atoms with Gasteiger partial charge in [-0.25, -0.2) is 9.59 Å². The molecule has 10 nitrogen and oxygen atoms in total. The molecular weight excluding hydrogens is 635 g/mol. The Balaban J connectivity index is 0.000000263. The number of carboxylic acids is 2. The molecule has 0 aliphatic carbocycles. The van der Waals surface area contributed by atoms with Crippen molar-refractivity contribution in [1.29, 1.82) is 0 Å². The van der Waals surface area contributed by atoms with Gasteiger partial charge in [0.05, 0.1) is 23.3 Å². The highest BCUT2D eigenvalue weighted by Crippen LogP contribution is 2.49. The molecule has 0 amide bonds. The van der Waals surface area contributed by atoms with Crippen LogP contribution in [0.3, 0.4) is 0 Å². The van der Waals surface area contributed by atoms with E-state index in [-0.39, 0.29) is 12.2 Å². The quantitative estimate of drug-likeness (QED) is 0.106. The molecule has 0 bridgehead atoms. The van der Waals surface area contributed by atoms with Crippen LogP contribution in [0.5, 0.6) is 17.2 Å². The third-order valence-corrected chi connectivity index (χ3v) is 6.91. The number of phosphoric acid groups is 1. The summed E-state index contributed by atoms with van der Waals surface area (Å²) in [6, 6.07) is 42.9. The lowest BCUT2D eigenvalue weighted by molar-refractivity contribution is 0.0686. The van der Waals surface area contributed by atoms with Gasteiger partial charge in [0.1, 0.15) is 17.2 Å². The number of hydrogen-bond acceptors (Lipinski definition) is 8. The third-order valence-electron chi connectivity index (χ3n) is 5.60. The van der Waals surface area contributed by atoms with Gasteiger partial charge < -0.3 is 34.0 Å². The minimum atomic E-state index is -3.89. The van der Waals surface area contributed by atoms with Gasteiger partial charge in [-0.15, -0.1) is 0 Å². The number of phosphoric ester groups is 1. The van der Waals surface area contributed by atoms with Gasteiger partial charge in [0, 0.05) is 0 Å². The summed E-state index contributed by atoms with van der Waals surface area (Å²) >= 11 is 0. The average Bonchev–Trinajstić information content (AvgIpc) is 3.07. The van der Waals surface area contributed by atoms with E-state index in [1.807, 2.05) is 18.2 Å². The molecule has 48 heavy (non-hydrogen) atoms. The lowest BCUT2D eigenvalue weighted by Crippen LogP contribution is -2.10. The zero-order valence-electron chi connectivity index (χ0n) is 26.5. The Bertz CT molecular complexity index is 1470. The lowest BCUT2D eigenvalue weighted by Gasteiger charge is -2.19. The first-order valence-electron chi connectivity index (χ1n) is 14.7. The van der Waals surface area contributed by atoms with Crippen molar-refractivity contribution in [3.63, 3.8) is 0 Å². The van der Waals surface area contributed by atoms with E-state index >= 15 is 0 Å². The molecule has 0 heterocycles. The van der Waals surface area contributed by atoms with Crippen LogP contribution in [0.1, 0.15) is 41.0 Å². The molecule has 2 unspecified atom stereocenters. The van der Waals surface area contributed by atoms with Gasteiger partial charge in [-0.05, 0) is 80.9 Å². The fourth-order valence-electron chi connectivity index (χ4n) is 3.54. The van der Waals surface area contributed by atoms with Crippen LogP contribution < -0.4 is 13.6 Å². The highest BCUT2D eigenvalue weighted by molar-refractivity contribution is 7.49. The number of rotatable bonds is 10. The summed E-state index contributed by atoms with van der Waals surface area (Å²) in [7, 11) is -3.89. The van der Waals surface area contributed by atoms with Crippen LogP contribution in [-0.4, -0.2) is 44.6 Å². The Morgan fingerprint density at radius 1 is 0.500 bits per heavy atom. The fourth-order valence-corrected chi connectivity index (χ4v) is 4.79. The van der Waals surface area contributed by atoms with Crippen LogP contribution in [0.15, 0.2) is 152 Å². The minimum Gasteiger partial charge on any atom is -0.478 e. The van der Waals surface area contributed by atoms with Crippen molar-refractivity contribution in [3.8, 4) is 17.2 Å². The molecule has 4 N–H and O–H groups in total. The van der Waals surface area contributed by atoms with Crippen molar-refractivity contribution >= 4 is 19.8 Å². The first-order chi connectivity index (χ1) is 23.0. The monoisotopic (exact) mass is 674 g/mol. The van der Waals surface area contributed by atoms with E-state index in [2.05, 4.69) is 0 Å². The van der Waals surface area contributed by atoms with E-state index in [1.54, 1.807) is 147 Å². The Labute approximate surface area is 280 Å². The zero-order chi connectivity index (χ0) is 35.2. The van der Waals surface area contributed by atoms with E-state index in [9.17, 15) is 14.2 Å². The number of benzene rings is 5. The van der Waals surface area contributed by atoms with Crippen molar-refractivity contribution in [3.05, 3.63) is 163 Å². The number of carboxylic acid groups (broad SMARTS) is 2. The molecule has 0 radical (unpaired) electrons. The molecule has 252 valence electrons. The fraction of sp³-hybridized carbons (Fsp3) is 0.135. The van der Waals surface area contributed by atoms with Crippen LogP contribution >= 0.6 is 7.82 Å². The molecule has 11 heteroatoms. The van der Waals surface area contributed by atoms with Crippen molar-refractivity contribution in [1.82, 2.24) is 0 Å². The summed E-state index contributed by atoms with van der Waals surface area (Å²) in [6.45, 7) is 3.32. The van der Waals surface area contributed by atoms with Crippen LogP contribution in [0.25, 0.3) is 0 Å². The second-order valence-electron chi connectivity index (χ2n) is 9.94. The lowest BCUT2D eigenvalue weighted by atomic mass is 10.2. The van der Waals surface area contributed by atoms with Gasteiger partial charge in [-0.3, -0.25) is 0 Å². The van der Waals surface area contributed by atoms with Gasteiger partial charge in [-0.2, -0.15) is 4.57 Å². The first kappa shape index (κ1) is 38.8. The zero-order valence-corrected chi connectivity index (χ0v) is 27.4. The summed E-state index contributed by atoms with van der Waals surface area (Å²) < 4.78 is 29.6. The molecule has 0 aliphatic heterocycles. The minimum absolute atomic E-state index is 0.331. The number of aliphatic hydroxyl groups is 2. The highest BCUT2D eigenvalue weighted by Gasteiger charge is 2.33. The molecule has 0 aromatic heterocycles. The average molecular weight is 675 g/mol. The van der Waals surface area contributed by atoms with Gasteiger partial charge in [0.25, 0.3) is 0 Å². The normalized spacial score (nSPS) is 11.2. The van der Waals surface area contributed by atoms with E-state index in [0.717, 1.165) is 0 Å². The molecule has 0 saturated carbocycles. The predicted molar refractivity (Wildman–Crippen MR) is 184 cm³/mol. The maximum Gasteiger partial charge on any atom is 0.647 e. The van der Waals surface area contributed by atoms with Gasteiger partial charge >= 0.3 is 19.8 Å². The molecule has 0 saturated heterocycles. The molecule has 0 spiro atoms. The first-order valence-corrected chi connectivity index (χ1v) is 16.2. The number of para-hydroxylation sites is 3. The molecule has 5 aromatic rings. The van der Waals surface area contributed by atoms with Gasteiger partial charge in [0.15, 0.2) is 0 Å². The standard InChI is InChI=1S/C18H15O4P.2C7H6O2.C5H12O2/c19-23(20-16-10-4-1-5-11-16,21-17-12-6-2-7-13-17)22-18-14-8-3-9-15-18;2*8-7(9)6-4-2-1-3-5-6;1-4(6)3-5(2)7/h1-15H;2*1-5H,(H,8,9);4-7H,3H2,1-2H3. The van der Waals surface area contributed by atoms with Crippen LogP contribution in [0, 0.1) is 0 Å². The summed E-state index contributed by atoms with van der Waals surface area (Å²) in [4.78, 5) is 20.4. The van der Waals surface area contributed by atoms with E-state index < -0.39 is 19.8 Å². The van der Waals surface area contributed by atoms with Gasteiger partial charge in [0.2, 0.25) is 0 Å². The smallest absolute Gasteiger partial charge is 0.478 e. The highest BCUT2D eigenvalue weighted by atomic mass is 31.2. The summed E-state index contributed by atoms with van der Waals surface area (Å²) in [5.74, 6) is -0.542. The Morgan fingerprint density at radius 3 is 0.896 bits per heavy atom. The number of aliphatic hydroxyl groups excluding tert-OH is 2. The Morgan fingerprint density at radius 2 is 0.729 bits per heavy atom. The molecule has 0 fully saturated rings. The van der Waals surface area contributed by atoms with Crippen LogP contribution in [0.2, 0.25) is 0 Å². The number of hydrogen-bond donors (Lipinski definition) is 4. The van der Waals surface area contributed by atoms with Crippen molar-refractivity contribution in [2.24, 2.45) is 0 Å². The second kappa shape index (κ2) is 21.4. The maximum absolute atomic E-state index is 13.1. The van der Waals surface area contributed by atoms with Gasteiger partial charge in [-0.1, -0.05) is 91.0 Å². The van der Waals surface area contributed by atoms with E-state index in [1.165, 1.54) is 0 Å². The summed E-state index contributed by atoms with van der Waals surface area (Å²) in [5, 5.41) is 33.9. The summed E-state index contributed by atoms with van der Waals surface area (Å²) in [5.41, 5.74) is 0.662. The van der Waals surface area contributed by atoms with E-state index in [4.69, 9.17) is 34.0 Å². The summed E-state index contributed by atoms with van der Waals surface area (Å²) in [6.07, 6.45) is -0.278. The molecule has 5 aromatic carbocycles. The topological polar surface area (TPSA) is 160 Å². The van der Waals surface area contributed by atoms with Crippen molar-refractivity contribution in [2.75, 3.05) is 0 Å². The third kappa shape index (κ3) is 16.8. The Hall–Kier alpha value is -5.41. The SMILES string of the molecule is CC(O)CC(C)O.O=C(O)c1ccccc1.O=C(O)c1ccccc1.O=P(Oc1ccccc1)(Oc1ccccc1)Oc1ccccc1. The van der Waals surface area contributed by atoms with E-state index in [0.29, 0.717) is 34.8 Å². The van der Waals surface area contributed by atoms with Crippen molar-refractivity contribution < 1.29 is 48.2 Å². The Kier molecular flexibility index (Phi) is 17.3. The number of aromatic carboxylic acids is 2. The van der Waals surface area contributed by atoms with Crippen LogP contribution in [0.4, 0.5) is 0 Å². The molecule has 0 aliphatic rings. The number of carbonyl (C=O) groups is 2. The molecule has 5 rings (SSSR count). The largest absolute Gasteiger partial charge is 0.647 e. The maximum atomic E-state index is 13.1. The van der Waals surface area contributed by atoms with Crippen molar-refractivity contribution in [2.45, 2.75) is 32.5 Å². The molecular formula is C37H39O10P.